The van der Waals surface area contributed by atoms with Crippen molar-refractivity contribution in [2.45, 2.75) is 26.9 Å². The number of hydrogen-bond donors (Lipinski definition) is 1. The Morgan fingerprint density at radius 2 is 1.95 bits per heavy atom. The summed E-state index contributed by atoms with van der Waals surface area (Å²) < 4.78 is 0. The third-order valence-corrected chi connectivity index (χ3v) is 3.07. The fourth-order valence-electron chi connectivity index (χ4n) is 2.03. The zero-order valence-electron chi connectivity index (χ0n) is 12.3. The molecule has 0 bridgehead atoms. The number of rotatable bonds is 6. The molecule has 0 radical (unpaired) electrons. The fourth-order valence-corrected chi connectivity index (χ4v) is 2.03. The van der Waals surface area contributed by atoms with Gasteiger partial charge in [0, 0.05) is 18.8 Å². The van der Waals surface area contributed by atoms with Crippen LogP contribution in [0.2, 0.25) is 0 Å². The Labute approximate surface area is 120 Å². The van der Waals surface area contributed by atoms with Crippen molar-refractivity contribution < 1.29 is 0 Å². The predicted octanol–water partition coefficient (Wildman–Crippen LogP) is 1.93. The molecule has 0 aliphatic heterocycles. The van der Waals surface area contributed by atoms with Crippen LogP contribution < -0.4 is 10.2 Å². The van der Waals surface area contributed by atoms with Crippen LogP contribution in [0.3, 0.4) is 0 Å². The minimum atomic E-state index is 0.735. The van der Waals surface area contributed by atoms with Crippen LogP contribution in [-0.4, -0.2) is 28.8 Å². The van der Waals surface area contributed by atoms with E-state index in [-0.39, 0.29) is 0 Å². The molecule has 5 heteroatoms. The second-order valence-electron chi connectivity index (χ2n) is 4.70. The van der Waals surface area contributed by atoms with Crippen molar-refractivity contribution in [1.29, 1.82) is 0 Å². The predicted molar refractivity (Wildman–Crippen MR) is 80.5 cm³/mol. The first-order valence-electron chi connectivity index (χ1n) is 6.87. The Hall–Kier alpha value is -2.01. The zero-order valence-corrected chi connectivity index (χ0v) is 12.3. The van der Waals surface area contributed by atoms with E-state index >= 15 is 0 Å². The first-order valence-corrected chi connectivity index (χ1v) is 6.87. The fraction of sp³-hybridized carbons (Fsp3) is 0.400. The van der Waals surface area contributed by atoms with E-state index in [4.69, 9.17) is 0 Å². The monoisotopic (exact) mass is 271 g/mol. The van der Waals surface area contributed by atoms with Gasteiger partial charge in [0.05, 0.1) is 17.9 Å². The summed E-state index contributed by atoms with van der Waals surface area (Å²) in [6, 6.07) is 10.1. The van der Waals surface area contributed by atoms with Gasteiger partial charge in [-0.3, -0.25) is 4.98 Å². The molecule has 0 atom stereocenters. The SMILES string of the molecule is CCN(Cc1cccc(C)n1)c1ccc(CNC)nn1. The first-order chi connectivity index (χ1) is 9.72. The lowest BCUT2D eigenvalue weighted by atomic mass is 10.3. The summed E-state index contributed by atoms with van der Waals surface area (Å²) in [6.45, 7) is 6.47. The Balaban J connectivity index is 2.11. The van der Waals surface area contributed by atoms with Crippen LogP contribution in [0.5, 0.6) is 0 Å². The van der Waals surface area contributed by atoms with Crippen molar-refractivity contribution >= 4 is 5.82 Å². The van der Waals surface area contributed by atoms with Gasteiger partial charge in [0.1, 0.15) is 0 Å². The van der Waals surface area contributed by atoms with Gasteiger partial charge in [-0.25, -0.2) is 0 Å². The minimum Gasteiger partial charge on any atom is -0.350 e. The van der Waals surface area contributed by atoms with Crippen LogP contribution in [0.1, 0.15) is 24.0 Å². The third kappa shape index (κ3) is 3.74. The van der Waals surface area contributed by atoms with E-state index in [0.29, 0.717) is 0 Å². The topological polar surface area (TPSA) is 53.9 Å². The number of hydrogen-bond acceptors (Lipinski definition) is 5. The van der Waals surface area contributed by atoms with Crippen LogP contribution in [-0.2, 0) is 13.1 Å². The van der Waals surface area contributed by atoms with E-state index in [1.165, 1.54) is 0 Å². The van der Waals surface area contributed by atoms with Crippen molar-refractivity contribution in [3.05, 3.63) is 47.4 Å². The third-order valence-electron chi connectivity index (χ3n) is 3.07. The van der Waals surface area contributed by atoms with Crippen molar-refractivity contribution in [2.75, 3.05) is 18.5 Å². The molecule has 2 rings (SSSR count). The Kier molecular flexibility index (Phi) is 5.01. The first kappa shape index (κ1) is 14.4. The van der Waals surface area contributed by atoms with E-state index in [9.17, 15) is 0 Å². The Morgan fingerprint density at radius 1 is 1.10 bits per heavy atom. The highest BCUT2D eigenvalue weighted by atomic mass is 15.3. The molecular formula is C15H21N5. The lowest BCUT2D eigenvalue weighted by molar-refractivity contribution is 0.741. The summed E-state index contributed by atoms with van der Waals surface area (Å²) in [6.07, 6.45) is 0. The summed E-state index contributed by atoms with van der Waals surface area (Å²) in [4.78, 5) is 6.70. The maximum Gasteiger partial charge on any atom is 0.151 e. The van der Waals surface area contributed by atoms with Crippen LogP contribution in [0.25, 0.3) is 0 Å². The molecule has 0 saturated heterocycles. The second kappa shape index (κ2) is 6.96. The number of nitrogens with zero attached hydrogens (tertiary/aromatic N) is 4. The average Bonchev–Trinajstić information content (AvgIpc) is 2.46. The quantitative estimate of drug-likeness (QED) is 0.870. The van der Waals surface area contributed by atoms with Crippen molar-refractivity contribution in [3.8, 4) is 0 Å². The molecule has 0 aliphatic carbocycles. The molecule has 2 aromatic heterocycles. The number of anilines is 1. The van der Waals surface area contributed by atoms with Gasteiger partial charge in [-0.1, -0.05) is 6.07 Å². The van der Waals surface area contributed by atoms with Gasteiger partial charge in [0.25, 0.3) is 0 Å². The molecule has 0 amide bonds. The minimum absolute atomic E-state index is 0.735. The number of pyridine rings is 1. The van der Waals surface area contributed by atoms with Crippen LogP contribution in [0, 0.1) is 6.92 Å². The van der Waals surface area contributed by atoms with E-state index in [0.717, 1.165) is 42.5 Å². The molecular weight excluding hydrogens is 250 g/mol. The molecule has 0 fully saturated rings. The average molecular weight is 271 g/mol. The van der Waals surface area contributed by atoms with E-state index < -0.39 is 0 Å². The molecule has 5 nitrogen and oxygen atoms in total. The standard InChI is InChI=1S/C15H21N5/c1-4-20(11-14-7-5-6-12(2)17-14)15-9-8-13(10-16-3)18-19-15/h5-9,16H,4,10-11H2,1-3H3. The number of aromatic nitrogens is 3. The van der Waals surface area contributed by atoms with Gasteiger partial charge in [-0.15, -0.1) is 5.10 Å². The summed E-state index contributed by atoms with van der Waals surface area (Å²) >= 11 is 0. The maximum atomic E-state index is 4.53. The summed E-state index contributed by atoms with van der Waals surface area (Å²) in [5.41, 5.74) is 3.03. The Morgan fingerprint density at radius 3 is 2.55 bits per heavy atom. The van der Waals surface area contributed by atoms with Crippen LogP contribution in [0.4, 0.5) is 5.82 Å². The summed E-state index contributed by atoms with van der Waals surface area (Å²) in [7, 11) is 1.90. The maximum absolute atomic E-state index is 4.53. The van der Waals surface area contributed by atoms with Gasteiger partial charge in [-0.05, 0) is 45.2 Å². The van der Waals surface area contributed by atoms with Gasteiger partial charge >= 0.3 is 0 Å². The molecule has 2 aromatic rings. The largest absolute Gasteiger partial charge is 0.350 e. The normalized spacial score (nSPS) is 10.6. The summed E-state index contributed by atoms with van der Waals surface area (Å²) in [5, 5.41) is 11.6. The highest BCUT2D eigenvalue weighted by Gasteiger charge is 2.08. The Bertz CT molecular complexity index is 538. The van der Waals surface area contributed by atoms with Gasteiger partial charge in [0.2, 0.25) is 0 Å². The highest BCUT2D eigenvalue weighted by molar-refractivity contribution is 5.37. The molecule has 106 valence electrons. The number of aryl methyl sites for hydroxylation is 1. The van der Waals surface area contributed by atoms with Gasteiger partial charge < -0.3 is 10.2 Å². The second-order valence-corrected chi connectivity index (χ2v) is 4.70. The number of nitrogens with one attached hydrogen (secondary N) is 1. The van der Waals surface area contributed by atoms with Crippen LogP contribution in [0.15, 0.2) is 30.3 Å². The molecule has 1 N–H and O–H groups in total. The highest BCUT2D eigenvalue weighted by Crippen LogP contribution is 2.13. The molecule has 20 heavy (non-hydrogen) atoms. The molecule has 0 aromatic carbocycles. The summed E-state index contributed by atoms with van der Waals surface area (Å²) in [5.74, 6) is 0.885. The van der Waals surface area contributed by atoms with Gasteiger partial charge in [0.15, 0.2) is 5.82 Å². The van der Waals surface area contributed by atoms with Crippen molar-refractivity contribution in [3.63, 3.8) is 0 Å². The van der Waals surface area contributed by atoms with Crippen molar-refractivity contribution in [2.24, 2.45) is 0 Å². The molecule has 0 unspecified atom stereocenters. The molecule has 0 saturated carbocycles. The lowest BCUT2D eigenvalue weighted by Gasteiger charge is -2.21. The van der Waals surface area contributed by atoms with Crippen LogP contribution >= 0.6 is 0 Å². The van der Waals surface area contributed by atoms with E-state index in [1.54, 1.807) is 0 Å². The van der Waals surface area contributed by atoms with Crippen molar-refractivity contribution in [1.82, 2.24) is 20.5 Å². The molecule has 0 aliphatic rings. The smallest absolute Gasteiger partial charge is 0.151 e. The lowest BCUT2D eigenvalue weighted by Crippen LogP contribution is -2.24. The zero-order chi connectivity index (χ0) is 14.4. The molecule has 0 spiro atoms. The van der Waals surface area contributed by atoms with Gasteiger partial charge in [-0.2, -0.15) is 5.10 Å². The van der Waals surface area contributed by atoms with E-state index in [2.05, 4.69) is 32.3 Å². The van der Waals surface area contributed by atoms with E-state index in [1.807, 2.05) is 44.3 Å². The molecule has 2 heterocycles.